The molecule has 0 aliphatic carbocycles. The molecule has 1 N–H and O–H groups in total. The van der Waals surface area contributed by atoms with E-state index in [1.165, 1.54) is 0 Å². The van der Waals surface area contributed by atoms with Crippen LogP contribution >= 0.6 is 27.5 Å². The van der Waals surface area contributed by atoms with Gasteiger partial charge in [0.2, 0.25) is 0 Å². The summed E-state index contributed by atoms with van der Waals surface area (Å²) in [6.45, 7) is 2.49. The van der Waals surface area contributed by atoms with Gasteiger partial charge in [-0.05, 0) is 30.7 Å². The van der Waals surface area contributed by atoms with Gasteiger partial charge in [0.05, 0.1) is 5.02 Å². The molecule has 0 saturated heterocycles. The van der Waals surface area contributed by atoms with Gasteiger partial charge in [-0.25, -0.2) is 4.39 Å². The van der Waals surface area contributed by atoms with Crippen LogP contribution in [-0.4, -0.2) is 0 Å². The second-order valence-electron chi connectivity index (χ2n) is 4.37. The quantitative estimate of drug-likeness (QED) is 0.816. The number of halogens is 3. The first kappa shape index (κ1) is 14.5. The Balaban J connectivity index is 2.04. The average Bonchev–Trinajstić information content (AvgIpc) is 2.40. The molecule has 2 aromatic rings. The maximum atomic E-state index is 13.7. The summed E-state index contributed by atoms with van der Waals surface area (Å²) in [6, 6.07) is 13.2. The second kappa shape index (κ2) is 6.51. The molecule has 0 bridgehead atoms. The topological polar surface area (TPSA) is 12.0 Å². The fraction of sp³-hybridized carbons (Fsp3) is 0.200. The van der Waals surface area contributed by atoms with Crippen LogP contribution in [0.2, 0.25) is 5.02 Å². The smallest absolute Gasteiger partial charge is 0.146 e. The Morgan fingerprint density at radius 3 is 2.74 bits per heavy atom. The number of hydrogen-bond acceptors (Lipinski definition) is 1. The van der Waals surface area contributed by atoms with E-state index in [1.807, 2.05) is 31.2 Å². The van der Waals surface area contributed by atoms with Gasteiger partial charge in [0.1, 0.15) is 5.82 Å². The normalized spacial score (nSPS) is 12.4. The molecule has 2 rings (SSSR count). The highest BCUT2D eigenvalue weighted by Gasteiger charge is 2.09. The summed E-state index contributed by atoms with van der Waals surface area (Å²) in [7, 11) is 0. The zero-order valence-corrected chi connectivity index (χ0v) is 12.8. The third kappa shape index (κ3) is 3.78. The molecule has 19 heavy (non-hydrogen) atoms. The third-order valence-corrected chi connectivity index (χ3v) is 3.76. The van der Waals surface area contributed by atoms with Crippen molar-refractivity contribution >= 4 is 27.5 Å². The second-order valence-corrected chi connectivity index (χ2v) is 5.69. The molecular formula is C15H14BrClFN. The monoisotopic (exact) mass is 341 g/mol. The van der Waals surface area contributed by atoms with Gasteiger partial charge in [-0.15, -0.1) is 0 Å². The van der Waals surface area contributed by atoms with Gasteiger partial charge < -0.3 is 5.32 Å². The molecule has 2 aromatic carbocycles. The Bertz CT molecular complexity index is 574. The van der Waals surface area contributed by atoms with Gasteiger partial charge in [0, 0.05) is 22.6 Å². The third-order valence-electron chi connectivity index (χ3n) is 2.98. The molecule has 1 unspecified atom stereocenters. The minimum Gasteiger partial charge on any atom is -0.306 e. The van der Waals surface area contributed by atoms with Gasteiger partial charge in [-0.3, -0.25) is 0 Å². The van der Waals surface area contributed by atoms with Gasteiger partial charge in [0.25, 0.3) is 0 Å². The first-order chi connectivity index (χ1) is 9.08. The van der Waals surface area contributed by atoms with Gasteiger partial charge in [-0.2, -0.15) is 0 Å². The van der Waals surface area contributed by atoms with Crippen LogP contribution < -0.4 is 5.32 Å². The van der Waals surface area contributed by atoms with Crippen molar-refractivity contribution in [2.45, 2.75) is 19.5 Å². The molecule has 0 saturated carbocycles. The summed E-state index contributed by atoms with van der Waals surface area (Å²) in [5.74, 6) is -0.349. The predicted octanol–water partition coefficient (Wildman–Crippen LogP) is 5.09. The Labute approximate surface area is 125 Å². The molecular weight excluding hydrogens is 329 g/mol. The standard InChI is InChI=1S/C15H14BrClFN/c1-10(11-4-2-6-13(16)8-11)19-9-12-5-3-7-14(17)15(12)18/h2-8,10,19H,9H2,1H3. The van der Waals surface area contributed by atoms with Gasteiger partial charge in [0.15, 0.2) is 0 Å². The Morgan fingerprint density at radius 1 is 1.26 bits per heavy atom. The van der Waals surface area contributed by atoms with Crippen molar-refractivity contribution in [1.82, 2.24) is 5.32 Å². The van der Waals surface area contributed by atoms with E-state index in [0.29, 0.717) is 12.1 Å². The summed E-state index contributed by atoms with van der Waals surface area (Å²) in [4.78, 5) is 0. The molecule has 0 spiro atoms. The first-order valence-corrected chi connectivity index (χ1v) is 7.17. The van der Waals surface area contributed by atoms with E-state index in [0.717, 1.165) is 10.0 Å². The van der Waals surface area contributed by atoms with Gasteiger partial charge in [-0.1, -0.05) is 51.8 Å². The van der Waals surface area contributed by atoms with Crippen LogP contribution in [0.1, 0.15) is 24.1 Å². The van der Waals surface area contributed by atoms with Crippen molar-refractivity contribution in [2.24, 2.45) is 0 Å². The van der Waals surface area contributed by atoms with E-state index in [-0.39, 0.29) is 16.9 Å². The van der Waals surface area contributed by atoms with Crippen LogP contribution in [0.4, 0.5) is 4.39 Å². The number of hydrogen-bond donors (Lipinski definition) is 1. The SMILES string of the molecule is CC(NCc1cccc(Cl)c1F)c1cccc(Br)c1. The largest absolute Gasteiger partial charge is 0.306 e. The minimum absolute atomic E-state index is 0.135. The lowest BCUT2D eigenvalue weighted by Crippen LogP contribution is -2.18. The zero-order valence-electron chi connectivity index (χ0n) is 10.5. The fourth-order valence-corrected chi connectivity index (χ4v) is 2.45. The summed E-state index contributed by atoms with van der Waals surface area (Å²) < 4.78 is 14.8. The molecule has 1 nitrogen and oxygen atoms in total. The molecule has 100 valence electrons. The minimum atomic E-state index is -0.349. The maximum absolute atomic E-state index is 13.7. The van der Waals surface area contributed by atoms with E-state index in [9.17, 15) is 4.39 Å². The van der Waals surface area contributed by atoms with E-state index >= 15 is 0 Å². The highest BCUT2D eigenvalue weighted by atomic mass is 79.9. The molecule has 0 amide bonds. The van der Waals surface area contributed by atoms with Crippen molar-refractivity contribution in [1.29, 1.82) is 0 Å². The van der Waals surface area contributed by atoms with Crippen molar-refractivity contribution < 1.29 is 4.39 Å². The molecule has 4 heteroatoms. The molecule has 1 atom stereocenters. The molecule has 0 aliphatic heterocycles. The van der Waals surface area contributed by atoms with E-state index in [1.54, 1.807) is 18.2 Å². The molecule has 0 fully saturated rings. The Kier molecular flexibility index (Phi) is 4.97. The van der Waals surface area contributed by atoms with Crippen LogP contribution in [-0.2, 0) is 6.54 Å². The molecule has 0 aliphatic rings. The molecule has 0 radical (unpaired) electrons. The first-order valence-electron chi connectivity index (χ1n) is 5.99. The van der Waals surface area contributed by atoms with Crippen LogP contribution in [0, 0.1) is 5.82 Å². The van der Waals surface area contributed by atoms with Crippen LogP contribution in [0.5, 0.6) is 0 Å². The van der Waals surface area contributed by atoms with Crippen molar-refractivity contribution in [2.75, 3.05) is 0 Å². The van der Waals surface area contributed by atoms with Crippen molar-refractivity contribution in [3.05, 3.63) is 68.9 Å². The highest BCUT2D eigenvalue weighted by Crippen LogP contribution is 2.20. The lowest BCUT2D eigenvalue weighted by Gasteiger charge is -2.15. The lowest BCUT2D eigenvalue weighted by molar-refractivity contribution is 0.544. The molecule has 0 heterocycles. The van der Waals surface area contributed by atoms with E-state index in [2.05, 4.69) is 21.2 Å². The van der Waals surface area contributed by atoms with Crippen LogP contribution in [0.3, 0.4) is 0 Å². The summed E-state index contributed by atoms with van der Waals surface area (Å²) in [5, 5.41) is 3.45. The van der Waals surface area contributed by atoms with E-state index in [4.69, 9.17) is 11.6 Å². The van der Waals surface area contributed by atoms with E-state index < -0.39 is 0 Å². The predicted molar refractivity (Wildman–Crippen MR) is 80.8 cm³/mol. The number of rotatable bonds is 4. The Hall–Kier alpha value is -0.900. The number of benzene rings is 2. The number of nitrogens with one attached hydrogen (secondary N) is 1. The highest BCUT2D eigenvalue weighted by molar-refractivity contribution is 9.10. The van der Waals surface area contributed by atoms with Crippen molar-refractivity contribution in [3.63, 3.8) is 0 Å². The molecule has 0 aromatic heterocycles. The maximum Gasteiger partial charge on any atom is 0.146 e. The van der Waals surface area contributed by atoms with Crippen LogP contribution in [0.25, 0.3) is 0 Å². The van der Waals surface area contributed by atoms with Crippen LogP contribution in [0.15, 0.2) is 46.9 Å². The summed E-state index contributed by atoms with van der Waals surface area (Å²) >= 11 is 9.20. The van der Waals surface area contributed by atoms with Crippen molar-refractivity contribution in [3.8, 4) is 0 Å². The fourth-order valence-electron chi connectivity index (χ4n) is 1.84. The van der Waals surface area contributed by atoms with Gasteiger partial charge >= 0.3 is 0 Å². The Morgan fingerprint density at radius 2 is 2.00 bits per heavy atom. The average molecular weight is 343 g/mol. The zero-order chi connectivity index (χ0) is 13.8. The summed E-state index contributed by atoms with van der Waals surface area (Å²) in [6.07, 6.45) is 0. The lowest BCUT2D eigenvalue weighted by atomic mass is 10.1. The summed E-state index contributed by atoms with van der Waals surface area (Å²) in [5.41, 5.74) is 1.73.